The van der Waals surface area contributed by atoms with E-state index in [-0.39, 0.29) is 24.2 Å². The third-order valence-corrected chi connectivity index (χ3v) is 7.46. The summed E-state index contributed by atoms with van der Waals surface area (Å²) in [7, 11) is 0. The number of nitrogens with zero attached hydrogens (tertiary/aromatic N) is 2. The minimum atomic E-state index is -4.91. The van der Waals surface area contributed by atoms with Gasteiger partial charge in [0.15, 0.2) is 12.2 Å². The lowest BCUT2D eigenvalue weighted by Gasteiger charge is -2.39. The largest absolute Gasteiger partial charge is 0.415 e. The summed E-state index contributed by atoms with van der Waals surface area (Å²) in [5.41, 5.74) is 2.06. The summed E-state index contributed by atoms with van der Waals surface area (Å²) in [5.74, 6) is 0.0935. The van der Waals surface area contributed by atoms with Crippen LogP contribution in [0.15, 0.2) is 60.7 Å². The molecule has 2 aliphatic rings. The first-order chi connectivity index (χ1) is 17.6. The molecule has 3 nitrogen and oxygen atoms in total. The van der Waals surface area contributed by atoms with Crippen LogP contribution in [0.4, 0.5) is 26.3 Å². The highest BCUT2D eigenvalue weighted by atomic mass is 35.5. The van der Waals surface area contributed by atoms with E-state index >= 15 is 0 Å². The Morgan fingerprint density at radius 1 is 0.658 bits per heavy atom. The van der Waals surface area contributed by atoms with Gasteiger partial charge in [0.05, 0.1) is 0 Å². The molecule has 0 aromatic heterocycles. The van der Waals surface area contributed by atoms with Crippen LogP contribution in [-0.4, -0.2) is 73.6 Å². The normalized spacial score (nSPS) is 23.4. The van der Waals surface area contributed by atoms with Gasteiger partial charge in [0.25, 0.3) is 0 Å². The minimum absolute atomic E-state index is 0. The lowest BCUT2D eigenvalue weighted by atomic mass is 9.90. The fourth-order valence-corrected chi connectivity index (χ4v) is 5.55. The number of alkyl halides is 6. The van der Waals surface area contributed by atoms with Crippen molar-refractivity contribution in [1.29, 1.82) is 0 Å². The molecule has 2 heterocycles. The van der Waals surface area contributed by atoms with E-state index < -0.39 is 37.7 Å². The summed E-state index contributed by atoms with van der Waals surface area (Å²) >= 11 is 0. The highest BCUT2D eigenvalue weighted by Crippen LogP contribution is 2.34. The number of piperidine rings is 2. The van der Waals surface area contributed by atoms with Crippen LogP contribution in [-0.2, 0) is 4.74 Å². The average Bonchev–Trinajstić information content (AvgIpc) is 2.88. The van der Waals surface area contributed by atoms with Gasteiger partial charge in [0.1, 0.15) is 0 Å². The molecular weight excluding hydrogens is 530 g/mol. The van der Waals surface area contributed by atoms with Gasteiger partial charge in [-0.15, -0.1) is 12.4 Å². The van der Waals surface area contributed by atoms with Gasteiger partial charge in [0, 0.05) is 26.2 Å². The number of hydrogen-bond donors (Lipinski definition) is 0. The standard InChI is InChI=1S/C28H34F6N2O.ClH/c29-27(30,31)25(19-35-15-7-13-23(17-35)21-9-3-1-4-10-21)37-26(28(32,33)34)20-36-16-8-14-24(18-36)22-11-5-2-6-12-22;/h1-6,9-12,23-26H,7-8,13-20H2;1H/t23-,24-,25+,26+;/m1./s1. The van der Waals surface area contributed by atoms with Gasteiger partial charge in [-0.25, -0.2) is 0 Å². The van der Waals surface area contributed by atoms with Gasteiger partial charge in [-0.1, -0.05) is 60.7 Å². The van der Waals surface area contributed by atoms with Crippen molar-refractivity contribution in [3.05, 3.63) is 71.8 Å². The van der Waals surface area contributed by atoms with Gasteiger partial charge in [-0.05, 0) is 61.7 Å². The van der Waals surface area contributed by atoms with Crippen LogP contribution in [0.5, 0.6) is 0 Å². The summed E-state index contributed by atoms with van der Waals surface area (Å²) in [6.07, 6.45) is -11.8. The molecule has 0 unspecified atom stereocenters. The zero-order chi connectivity index (χ0) is 26.5. The molecule has 0 bridgehead atoms. The van der Waals surface area contributed by atoms with Crippen molar-refractivity contribution in [1.82, 2.24) is 9.80 Å². The van der Waals surface area contributed by atoms with E-state index in [1.807, 2.05) is 60.7 Å². The summed E-state index contributed by atoms with van der Waals surface area (Å²) in [4.78, 5) is 3.19. The highest BCUT2D eigenvalue weighted by Gasteiger charge is 2.50. The smallest absolute Gasteiger partial charge is 0.353 e. The molecule has 2 aromatic carbocycles. The first-order valence-corrected chi connectivity index (χ1v) is 12.9. The third-order valence-electron chi connectivity index (χ3n) is 7.46. The summed E-state index contributed by atoms with van der Waals surface area (Å²) in [6, 6.07) is 19.0. The van der Waals surface area contributed by atoms with E-state index in [2.05, 4.69) is 0 Å². The first kappa shape index (κ1) is 30.7. The molecule has 2 aromatic rings. The molecule has 2 aliphatic heterocycles. The van der Waals surface area contributed by atoms with Gasteiger partial charge in [-0.2, -0.15) is 26.3 Å². The molecule has 0 saturated carbocycles. The van der Waals surface area contributed by atoms with Crippen molar-refractivity contribution in [3.63, 3.8) is 0 Å². The van der Waals surface area contributed by atoms with E-state index in [0.29, 0.717) is 39.0 Å². The maximum absolute atomic E-state index is 14.0. The zero-order valence-corrected chi connectivity index (χ0v) is 21.9. The van der Waals surface area contributed by atoms with Gasteiger partial charge < -0.3 is 4.74 Å². The van der Waals surface area contributed by atoms with Crippen molar-refractivity contribution < 1.29 is 31.1 Å². The van der Waals surface area contributed by atoms with Crippen LogP contribution in [0.25, 0.3) is 0 Å². The third kappa shape index (κ3) is 8.60. The van der Waals surface area contributed by atoms with E-state index in [0.717, 1.165) is 24.0 Å². The summed E-state index contributed by atoms with van der Waals surface area (Å²) in [5, 5.41) is 0. The molecule has 0 N–H and O–H groups in total. The van der Waals surface area contributed by atoms with E-state index in [1.54, 1.807) is 9.80 Å². The van der Waals surface area contributed by atoms with Crippen LogP contribution >= 0.6 is 12.4 Å². The molecule has 0 spiro atoms. The second-order valence-corrected chi connectivity index (χ2v) is 10.2. The predicted molar refractivity (Wildman–Crippen MR) is 138 cm³/mol. The van der Waals surface area contributed by atoms with Gasteiger partial charge in [0.2, 0.25) is 0 Å². The Labute approximate surface area is 226 Å². The summed E-state index contributed by atoms with van der Waals surface area (Å²) < 4.78 is 88.8. The van der Waals surface area contributed by atoms with Gasteiger partial charge >= 0.3 is 12.4 Å². The fraction of sp³-hybridized carbons (Fsp3) is 0.571. The van der Waals surface area contributed by atoms with Gasteiger partial charge in [-0.3, -0.25) is 9.80 Å². The molecule has 0 amide bonds. The molecule has 0 aliphatic carbocycles. The van der Waals surface area contributed by atoms with Crippen molar-refractivity contribution >= 4 is 12.4 Å². The predicted octanol–water partition coefficient (Wildman–Crippen LogP) is 7.05. The lowest BCUT2D eigenvalue weighted by Crippen LogP contribution is -2.52. The Bertz CT molecular complexity index is 882. The number of halogens is 7. The maximum Gasteiger partial charge on any atom is 0.415 e. The number of benzene rings is 2. The molecular formula is C28H35ClF6N2O. The number of rotatable bonds is 8. The Kier molecular flexibility index (Phi) is 10.9. The SMILES string of the molecule is Cl.FC(F)(F)[C@H](CN1CCC[C@@H](c2ccccc2)C1)O[C@@H](CN1CCC[C@@H](c2ccccc2)C1)C(F)(F)F. The second-order valence-electron chi connectivity index (χ2n) is 10.2. The highest BCUT2D eigenvalue weighted by molar-refractivity contribution is 5.85. The number of ether oxygens (including phenoxy) is 1. The van der Waals surface area contributed by atoms with E-state index in [1.165, 1.54) is 0 Å². The van der Waals surface area contributed by atoms with E-state index in [4.69, 9.17) is 4.74 Å². The Hall–Kier alpha value is -1.81. The lowest BCUT2D eigenvalue weighted by molar-refractivity contribution is -0.290. The Morgan fingerprint density at radius 3 is 1.37 bits per heavy atom. The topological polar surface area (TPSA) is 15.7 Å². The van der Waals surface area contributed by atoms with Crippen molar-refractivity contribution in [2.75, 3.05) is 39.3 Å². The molecule has 2 saturated heterocycles. The maximum atomic E-state index is 14.0. The zero-order valence-electron chi connectivity index (χ0n) is 21.1. The van der Waals surface area contributed by atoms with Crippen LogP contribution < -0.4 is 0 Å². The monoisotopic (exact) mass is 564 g/mol. The van der Waals surface area contributed by atoms with Crippen molar-refractivity contribution in [2.45, 2.75) is 62.1 Å². The molecule has 38 heavy (non-hydrogen) atoms. The molecule has 2 fully saturated rings. The van der Waals surface area contributed by atoms with Crippen LogP contribution in [0.3, 0.4) is 0 Å². The van der Waals surface area contributed by atoms with Crippen LogP contribution in [0.1, 0.15) is 48.6 Å². The van der Waals surface area contributed by atoms with Crippen LogP contribution in [0.2, 0.25) is 0 Å². The number of likely N-dealkylation sites (tertiary alicyclic amines) is 2. The first-order valence-electron chi connectivity index (χ1n) is 12.9. The van der Waals surface area contributed by atoms with Crippen molar-refractivity contribution in [3.8, 4) is 0 Å². The molecule has 4 rings (SSSR count). The molecule has 10 heteroatoms. The minimum Gasteiger partial charge on any atom is -0.353 e. The number of hydrogen-bond acceptors (Lipinski definition) is 3. The molecule has 0 radical (unpaired) electrons. The quantitative estimate of drug-likeness (QED) is 0.320. The van der Waals surface area contributed by atoms with Crippen molar-refractivity contribution in [2.24, 2.45) is 0 Å². The fourth-order valence-electron chi connectivity index (χ4n) is 5.55. The molecule has 4 atom stereocenters. The Balaban J connectivity index is 0.00000400. The van der Waals surface area contributed by atoms with Crippen LogP contribution in [0, 0.1) is 0 Å². The van der Waals surface area contributed by atoms with E-state index in [9.17, 15) is 26.3 Å². The Morgan fingerprint density at radius 2 is 1.03 bits per heavy atom. The average molecular weight is 565 g/mol. The summed E-state index contributed by atoms with van der Waals surface area (Å²) in [6.45, 7) is 0.322. The molecule has 212 valence electrons. The second kappa shape index (κ2) is 13.5.